The van der Waals surface area contributed by atoms with Gasteiger partial charge >= 0.3 is 18.7 Å². The zero-order chi connectivity index (χ0) is 19.7. The number of rotatable bonds is 6. The van der Waals surface area contributed by atoms with Gasteiger partial charge in [-0.3, -0.25) is 9.69 Å². The highest BCUT2D eigenvalue weighted by atomic mass is 32.1. The fourth-order valence-electron chi connectivity index (χ4n) is 1.91. The van der Waals surface area contributed by atoms with Gasteiger partial charge in [-0.15, -0.1) is 11.3 Å². The maximum Gasteiger partial charge on any atom is 0.461 e. The monoisotopic (exact) mass is 402 g/mol. The second-order valence-corrected chi connectivity index (χ2v) is 5.97. The van der Waals surface area contributed by atoms with Gasteiger partial charge in [0.15, 0.2) is 11.4 Å². The molecule has 0 bridgehead atoms. The molecule has 2 rings (SSSR count). The van der Waals surface area contributed by atoms with Crippen LogP contribution >= 0.6 is 11.3 Å². The molecule has 0 aliphatic heterocycles. The predicted molar refractivity (Wildman–Crippen MR) is 78.1 cm³/mol. The number of hydrogen-bond acceptors (Lipinski definition) is 4. The number of nitrogens with zero attached hydrogens (tertiary/aromatic N) is 2. The Hall–Kier alpha value is -2.37. The first-order chi connectivity index (χ1) is 12.0. The summed E-state index contributed by atoms with van der Waals surface area (Å²) in [4.78, 5) is 15.1. The summed E-state index contributed by atoms with van der Waals surface area (Å²) >= 11 is 0.474. The molecule has 0 saturated carbocycles. The number of anilines is 2. The van der Waals surface area contributed by atoms with E-state index in [2.05, 4.69) is 9.72 Å². The van der Waals surface area contributed by atoms with Crippen LogP contribution in [0.1, 0.15) is 10.7 Å². The van der Waals surface area contributed by atoms with Crippen LogP contribution in [-0.4, -0.2) is 23.9 Å². The van der Waals surface area contributed by atoms with Crippen molar-refractivity contribution in [1.82, 2.24) is 4.98 Å². The van der Waals surface area contributed by atoms with Crippen LogP contribution in [-0.2, 0) is 11.0 Å². The molecule has 0 aliphatic rings. The van der Waals surface area contributed by atoms with Gasteiger partial charge in [0, 0.05) is 0 Å². The fraction of sp³-hybridized carbons (Fsp3) is 0.286. The minimum absolute atomic E-state index is 0.0458. The number of aromatic nitrogens is 1. The summed E-state index contributed by atoms with van der Waals surface area (Å²) in [6.07, 6.45) is -14.1. The summed E-state index contributed by atoms with van der Waals surface area (Å²) in [6, 6.07) is 4.14. The normalized spacial score (nSPS) is 12.3. The first-order valence-electron chi connectivity index (χ1n) is 6.70. The second-order valence-electron chi connectivity index (χ2n) is 4.79. The van der Waals surface area contributed by atoms with Gasteiger partial charge in [-0.1, -0.05) is 12.1 Å². The average Bonchev–Trinajstić information content (AvgIpc) is 2.91. The van der Waals surface area contributed by atoms with Gasteiger partial charge in [-0.05, 0) is 19.1 Å². The molecule has 0 atom stereocenters. The first kappa shape index (κ1) is 19.9. The molecular weight excluding hydrogens is 393 g/mol. The molecule has 0 spiro atoms. The lowest BCUT2D eigenvalue weighted by Gasteiger charge is -2.23. The van der Waals surface area contributed by atoms with Gasteiger partial charge in [-0.2, -0.15) is 30.7 Å². The van der Waals surface area contributed by atoms with Crippen molar-refractivity contribution in [1.29, 1.82) is 0 Å². The molecule has 26 heavy (non-hydrogen) atoms. The third-order valence-electron chi connectivity index (χ3n) is 2.93. The van der Waals surface area contributed by atoms with Gasteiger partial charge in [-0.25, -0.2) is 4.98 Å². The average molecular weight is 402 g/mol. The topological polar surface area (TPSA) is 42.4 Å². The molecule has 0 radical (unpaired) electrons. The minimum atomic E-state index is -4.93. The van der Waals surface area contributed by atoms with Crippen molar-refractivity contribution in [2.75, 3.05) is 4.90 Å². The third-order valence-corrected chi connectivity index (χ3v) is 3.90. The molecular formula is C14H9F7N2O2S. The van der Waals surface area contributed by atoms with Crippen molar-refractivity contribution >= 4 is 28.4 Å². The number of amides is 1. The maximum absolute atomic E-state index is 13.2. The molecule has 0 saturated heterocycles. The Morgan fingerprint density at radius 1 is 1.19 bits per heavy atom. The molecule has 142 valence electrons. The van der Waals surface area contributed by atoms with Crippen molar-refractivity contribution in [2.45, 2.75) is 25.6 Å². The van der Waals surface area contributed by atoms with E-state index in [9.17, 15) is 35.5 Å². The molecule has 2 aromatic rings. The summed E-state index contributed by atoms with van der Waals surface area (Å²) in [5, 5.41) is -0.753. The predicted octanol–water partition coefficient (Wildman–Crippen LogP) is 5.00. The minimum Gasteiger partial charge on any atom is -0.426 e. The summed E-state index contributed by atoms with van der Waals surface area (Å²) in [6.45, 7) is 1.25. The summed E-state index contributed by atoms with van der Waals surface area (Å²) in [7, 11) is 0. The zero-order valence-corrected chi connectivity index (χ0v) is 13.5. The van der Waals surface area contributed by atoms with E-state index in [0.717, 1.165) is 18.2 Å². The standard InChI is InChI=1S/C14H9F7N2O2S/c1-7-22-10(13(17,18)19)11(26-7)23(6-24)8-4-2-3-5-9(8)25-14(20,21)12(15)16/h2-6,12H,1H3. The van der Waals surface area contributed by atoms with Crippen LogP contribution in [0.15, 0.2) is 24.3 Å². The molecule has 4 nitrogen and oxygen atoms in total. The number of ether oxygens (including phenoxy) is 1. The Labute approximate surface area is 145 Å². The van der Waals surface area contributed by atoms with Gasteiger partial charge in [0.05, 0.1) is 10.7 Å². The number of carbonyl (C=O) groups is 1. The van der Waals surface area contributed by atoms with Crippen molar-refractivity contribution in [3.8, 4) is 5.75 Å². The van der Waals surface area contributed by atoms with Gasteiger partial charge in [0.2, 0.25) is 6.41 Å². The number of alkyl halides is 7. The van der Waals surface area contributed by atoms with E-state index in [1.165, 1.54) is 13.0 Å². The van der Waals surface area contributed by atoms with Crippen LogP contribution in [0.3, 0.4) is 0 Å². The number of hydrogen-bond donors (Lipinski definition) is 0. The van der Waals surface area contributed by atoms with E-state index in [4.69, 9.17) is 0 Å². The Morgan fingerprint density at radius 2 is 1.81 bits per heavy atom. The van der Waals surface area contributed by atoms with Crippen LogP contribution in [0.4, 0.5) is 41.4 Å². The summed E-state index contributed by atoms with van der Waals surface area (Å²) < 4.78 is 94.3. The van der Waals surface area contributed by atoms with Crippen LogP contribution in [0.2, 0.25) is 0 Å². The van der Waals surface area contributed by atoms with Gasteiger partial charge in [0.1, 0.15) is 5.00 Å². The molecule has 0 unspecified atom stereocenters. The number of thiazole rings is 1. The van der Waals surface area contributed by atoms with Crippen LogP contribution in [0, 0.1) is 6.92 Å². The third kappa shape index (κ3) is 4.06. The SMILES string of the molecule is Cc1nc(C(F)(F)F)c(N(C=O)c2ccccc2OC(F)(F)C(F)F)s1. The molecule has 0 fully saturated rings. The quantitative estimate of drug-likeness (QED) is 0.505. The van der Waals surface area contributed by atoms with E-state index in [1.807, 2.05) is 0 Å². The zero-order valence-electron chi connectivity index (χ0n) is 12.7. The van der Waals surface area contributed by atoms with Crippen LogP contribution in [0.25, 0.3) is 0 Å². The lowest BCUT2D eigenvalue weighted by molar-refractivity contribution is -0.253. The Balaban J connectivity index is 2.56. The number of benzene rings is 1. The van der Waals surface area contributed by atoms with Crippen molar-refractivity contribution in [2.24, 2.45) is 0 Å². The maximum atomic E-state index is 13.2. The lowest BCUT2D eigenvalue weighted by atomic mass is 10.2. The van der Waals surface area contributed by atoms with Crippen molar-refractivity contribution in [3.05, 3.63) is 35.0 Å². The van der Waals surface area contributed by atoms with Gasteiger partial charge in [0.25, 0.3) is 0 Å². The Morgan fingerprint density at radius 3 is 2.35 bits per heavy atom. The van der Waals surface area contributed by atoms with Crippen LogP contribution in [0.5, 0.6) is 5.75 Å². The smallest absolute Gasteiger partial charge is 0.426 e. The first-order valence-corrected chi connectivity index (χ1v) is 7.52. The Kier molecular flexibility index (Phi) is 5.44. The summed E-state index contributed by atoms with van der Waals surface area (Å²) in [5.41, 5.74) is -1.99. The lowest BCUT2D eigenvalue weighted by Crippen LogP contribution is -2.34. The highest BCUT2D eigenvalue weighted by molar-refractivity contribution is 7.16. The van der Waals surface area contributed by atoms with E-state index in [1.54, 1.807) is 0 Å². The highest BCUT2D eigenvalue weighted by Crippen LogP contribution is 2.44. The van der Waals surface area contributed by atoms with E-state index < -0.39 is 40.8 Å². The number of para-hydroxylation sites is 2. The van der Waals surface area contributed by atoms with Crippen molar-refractivity contribution in [3.63, 3.8) is 0 Å². The number of halogens is 7. The largest absolute Gasteiger partial charge is 0.461 e. The number of carbonyl (C=O) groups excluding carboxylic acids is 1. The molecule has 0 N–H and O–H groups in total. The highest BCUT2D eigenvalue weighted by Gasteiger charge is 2.45. The molecule has 1 amide bonds. The number of aryl methyl sites for hydroxylation is 1. The molecule has 1 heterocycles. The second kappa shape index (κ2) is 7.09. The van der Waals surface area contributed by atoms with E-state index in [-0.39, 0.29) is 11.4 Å². The van der Waals surface area contributed by atoms with Gasteiger partial charge < -0.3 is 4.74 Å². The van der Waals surface area contributed by atoms with Crippen molar-refractivity contribution < 1.29 is 40.3 Å². The fourth-order valence-corrected chi connectivity index (χ4v) is 2.83. The molecule has 12 heteroatoms. The molecule has 0 aliphatic carbocycles. The van der Waals surface area contributed by atoms with Crippen LogP contribution < -0.4 is 9.64 Å². The Bertz CT molecular complexity index is 792. The summed E-state index contributed by atoms with van der Waals surface area (Å²) in [5.74, 6) is -0.899. The van der Waals surface area contributed by atoms with E-state index in [0.29, 0.717) is 16.2 Å². The van der Waals surface area contributed by atoms with E-state index >= 15 is 0 Å². The molecule has 1 aromatic carbocycles. The molecule has 1 aromatic heterocycles.